The number of hydrogen-bond acceptors (Lipinski definition) is 4. The molecule has 3 rings (SSSR count). The first-order valence-corrected chi connectivity index (χ1v) is 7.73. The Morgan fingerprint density at radius 2 is 1.50 bits per heavy atom. The molecule has 6 heteroatoms. The maximum absolute atomic E-state index is 12.2. The summed E-state index contributed by atoms with van der Waals surface area (Å²) in [6.07, 6.45) is 2.11. The summed E-state index contributed by atoms with van der Waals surface area (Å²) in [6, 6.07) is 0. The quantitative estimate of drug-likeness (QED) is 0.718. The van der Waals surface area contributed by atoms with Gasteiger partial charge in [-0.3, -0.25) is 14.5 Å². The zero-order valence-electron chi connectivity index (χ0n) is 12.0. The average Bonchev–Trinajstić information content (AvgIpc) is 3.32. The molecule has 0 aromatic heterocycles. The topological polar surface area (TPSA) is 55.9 Å². The molecule has 0 aromatic rings. The fourth-order valence-electron chi connectivity index (χ4n) is 2.93. The molecular weight excluding hydrogens is 256 g/mol. The maximum Gasteiger partial charge on any atom is 0.236 e. The molecule has 0 spiro atoms. The van der Waals surface area contributed by atoms with Crippen LogP contribution in [0.1, 0.15) is 12.8 Å². The zero-order valence-corrected chi connectivity index (χ0v) is 12.0. The first-order valence-electron chi connectivity index (χ1n) is 7.73. The van der Waals surface area contributed by atoms with Crippen molar-refractivity contribution in [3.05, 3.63) is 0 Å². The van der Waals surface area contributed by atoms with Gasteiger partial charge in [-0.25, -0.2) is 0 Å². The fourth-order valence-corrected chi connectivity index (χ4v) is 2.93. The summed E-state index contributed by atoms with van der Waals surface area (Å²) in [7, 11) is 0. The van der Waals surface area contributed by atoms with E-state index in [1.54, 1.807) is 0 Å². The van der Waals surface area contributed by atoms with Gasteiger partial charge in [0.15, 0.2) is 0 Å². The van der Waals surface area contributed by atoms with E-state index in [1.165, 1.54) is 0 Å². The SMILES string of the molecule is O=C(CN1CCNCC1)N1CCN(C(=O)C2CC2)CC1. The molecule has 0 unspecified atom stereocenters. The second kappa shape index (κ2) is 6.10. The Morgan fingerprint density at radius 1 is 0.900 bits per heavy atom. The van der Waals surface area contributed by atoms with Crippen molar-refractivity contribution in [3.63, 3.8) is 0 Å². The lowest BCUT2D eigenvalue weighted by molar-refractivity contribution is -0.141. The van der Waals surface area contributed by atoms with Gasteiger partial charge in [-0.2, -0.15) is 0 Å². The van der Waals surface area contributed by atoms with E-state index >= 15 is 0 Å². The monoisotopic (exact) mass is 280 g/mol. The molecule has 0 atom stereocenters. The number of carbonyl (C=O) groups excluding carboxylic acids is 2. The number of nitrogens with zero attached hydrogens (tertiary/aromatic N) is 3. The summed E-state index contributed by atoms with van der Waals surface area (Å²) >= 11 is 0. The van der Waals surface area contributed by atoms with Gasteiger partial charge in [0, 0.05) is 58.3 Å². The highest BCUT2D eigenvalue weighted by Gasteiger charge is 2.35. The first-order chi connectivity index (χ1) is 9.74. The predicted octanol–water partition coefficient (Wildman–Crippen LogP) is -1.03. The molecular formula is C14H24N4O2. The van der Waals surface area contributed by atoms with Crippen molar-refractivity contribution in [1.29, 1.82) is 0 Å². The summed E-state index contributed by atoms with van der Waals surface area (Å²) in [5.74, 6) is 0.808. The number of hydrogen-bond donors (Lipinski definition) is 1. The average molecular weight is 280 g/mol. The molecule has 2 saturated heterocycles. The van der Waals surface area contributed by atoms with Crippen LogP contribution in [0.5, 0.6) is 0 Å². The minimum absolute atomic E-state index is 0.213. The van der Waals surface area contributed by atoms with Crippen LogP contribution in [-0.4, -0.2) is 85.4 Å². The molecule has 3 aliphatic rings. The zero-order chi connectivity index (χ0) is 13.9. The van der Waals surface area contributed by atoms with Crippen molar-refractivity contribution < 1.29 is 9.59 Å². The maximum atomic E-state index is 12.2. The van der Waals surface area contributed by atoms with Crippen LogP contribution in [0.15, 0.2) is 0 Å². The molecule has 1 aliphatic carbocycles. The van der Waals surface area contributed by atoms with Crippen LogP contribution in [0.3, 0.4) is 0 Å². The molecule has 1 N–H and O–H groups in total. The van der Waals surface area contributed by atoms with Gasteiger partial charge in [0.25, 0.3) is 0 Å². The minimum Gasteiger partial charge on any atom is -0.339 e. The normalized spacial score (nSPS) is 24.8. The Morgan fingerprint density at radius 3 is 2.10 bits per heavy atom. The Balaban J connectivity index is 1.42. The Kier molecular flexibility index (Phi) is 4.21. The van der Waals surface area contributed by atoms with Crippen molar-refractivity contribution >= 4 is 11.8 Å². The highest BCUT2D eigenvalue weighted by atomic mass is 16.2. The van der Waals surface area contributed by atoms with E-state index < -0.39 is 0 Å². The van der Waals surface area contributed by atoms with E-state index in [0.717, 1.165) is 39.0 Å². The molecule has 3 fully saturated rings. The molecule has 0 aromatic carbocycles. The number of nitrogens with one attached hydrogen (secondary N) is 1. The van der Waals surface area contributed by atoms with Crippen LogP contribution in [0.25, 0.3) is 0 Å². The van der Waals surface area contributed by atoms with Crippen LogP contribution in [0.2, 0.25) is 0 Å². The first kappa shape index (κ1) is 13.8. The number of amides is 2. The van der Waals surface area contributed by atoms with E-state index in [0.29, 0.717) is 38.6 Å². The third kappa shape index (κ3) is 3.30. The van der Waals surface area contributed by atoms with Crippen molar-refractivity contribution in [1.82, 2.24) is 20.0 Å². The van der Waals surface area contributed by atoms with E-state index in [1.807, 2.05) is 9.80 Å². The van der Waals surface area contributed by atoms with Crippen LogP contribution < -0.4 is 5.32 Å². The molecule has 0 radical (unpaired) electrons. The highest BCUT2D eigenvalue weighted by molar-refractivity contribution is 5.82. The highest BCUT2D eigenvalue weighted by Crippen LogP contribution is 2.31. The van der Waals surface area contributed by atoms with Gasteiger partial charge in [-0.15, -0.1) is 0 Å². The van der Waals surface area contributed by atoms with Gasteiger partial charge in [0.05, 0.1) is 6.54 Å². The lowest BCUT2D eigenvalue weighted by atomic mass is 10.2. The van der Waals surface area contributed by atoms with E-state index in [2.05, 4.69) is 10.2 Å². The van der Waals surface area contributed by atoms with Crippen molar-refractivity contribution in [2.75, 3.05) is 58.9 Å². The van der Waals surface area contributed by atoms with Crippen LogP contribution in [-0.2, 0) is 9.59 Å². The van der Waals surface area contributed by atoms with E-state index in [-0.39, 0.29) is 11.8 Å². The number of rotatable bonds is 3. The molecule has 0 bridgehead atoms. The summed E-state index contributed by atoms with van der Waals surface area (Å²) in [4.78, 5) is 30.3. The summed E-state index contributed by atoms with van der Waals surface area (Å²) < 4.78 is 0. The van der Waals surface area contributed by atoms with Gasteiger partial charge >= 0.3 is 0 Å². The van der Waals surface area contributed by atoms with Gasteiger partial charge in [-0.1, -0.05) is 0 Å². The van der Waals surface area contributed by atoms with Gasteiger partial charge in [0.1, 0.15) is 0 Å². The lowest BCUT2D eigenvalue weighted by Gasteiger charge is -2.36. The van der Waals surface area contributed by atoms with E-state index in [4.69, 9.17) is 0 Å². The third-order valence-corrected chi connectivity index (χ3v) is 4.44. The van der Waals surface area contributed by atoms with E-state index in [9.17, 15) is 9.59 Å². The molecule has 2 amide bonds. The standard InChI is InChI=1S/C14H24N4O2/c19-13(11-16-5-3-15-4-6-16)17-7-9-18(10-8-17)14(20)12-1-2-12/h12,15H,1-11H2. The Bertz CT molecular complexity index is 369. The largest absolute Gasteiger partial charge is 0.339 e. The smallest absolute Gasteiger partial charge is 0.236 e. The number of piperazine rings is 2. The molecule has 1 saturated carbocycles. The van der Waals surface area contributed by atoms with Crippen LogP contribution in [0, 0.1) is 5.92 Å². The Labute approximate surface area is 120 Å². The lowest BCUT2D eigenvalue weighted by Crippen LogP contribution is -2.54. The van der Waals surface area contributed by atoms with Crippen LogP contribution in [0.4, 0.5) is 0 Å². The third-order valence-electron chi connectivity index (χ3n) is 4.44. The van der Waals surface area contributed by atoms with Crippen LogP contribution >= 0.6 is 0 Å². The van der Waals surface area contributed by atoms with Crippen molar-refractivity contribution in [2.45, 2.75) is 12.8 Å². The molecule has 112 valence electrons. The fraction of sp³-hybridized carbons (Fsp3) is 0.857. The summed E-state index contributed by atoms with van der Waals surface area (Å²) in [5.41, 5.74) is 0. The molecule has 20 heavy (non-hydrogen) atoms. The predicted molar refractivity (Wildman–Crippen MR) is 75.2 cm³/mol. The summed E-state index contributed by atoms with van der Waals surface area (Å²) in [6.45, 7) is 7.18. The van der Waals surface area contributed by atoms with Gasteiger partial charge in [-0.05, 0) is 12.8 Å². The Hall–Kier alpha value is -1.14. The van der Waals surface area contributed by atoms with Gasteiger partial charge in [0.2, 0.25) is 11.8 Å². The molecule has 6 nitrogen and oxygen atoms in total. The second-order valence-electron chi connectivity index (χ2n) is 6.01. The minimum atomic E-state index is 0.213. The van der Waals surface area contributed by atoms with Gasteiger partial charge < -0.3 is 15.1 Å². The van der Waals surface area contributed by atoms with Crippen molar-refractivity contribution in [2.24, 2.45) is 5.92 Å². The molecule has 2 heterocycles. The number of carbonyl (C=O) groups is 2. The molecule has 2 aliphatic heterocycles. The summed E-state index contributed by atoms with van der Waals surface area (Å²) in [5, 5.41) is 3.29. The van der Waals surface area contributed by atoms with Crippen molar-refractivity contribution in [3.8, 4) is 0 Å². The second-order valence-corrected chi connectivity index (χ2v) is 6.01.